The molecule has 0 spiro atoms. The summed E-state index contributed by atoms with van der Waals surface area (Å²) in [6.07, 6.45) is 0.397. The molecule has 1 fully saturated rings. The van der Waals surface area contributed by atoms with Crippen LogP contribution in [0.5, 0.6) is 17.2 Å². The fourth-order valence-electron chi connectivity index (χ4n) is 3.20. The Morgan fingerprint density at radius 1 is 1.15 bits per heavy atom. The molecule has 4 rings (SSSR count). The number of amides is 2. The maximum atomic E-state index is 12.4. The molecular weight excluding hydrogens is 348 g/mol. The second-order valence-electron chi connectivity index (χ2n) is 6.52. The summed E-state index contributed by atoms with van der Waals surface area (Å²) in [6.45, 7) is 1.14. The van der Waals surface area contributed by atoms with E-state index in [4.69, 9.17) is 14.2 Å². The molecule has 1 atom stereocenters. The van der Waals surface area contributed by atoms with Crippen LogP contribution in [0.4, 0.5) is 5.69 Å². The van der Waals surface area contributed by atoms with Crippen molar-refractivity contribution in [2.75, 3.05) is 31.4 Å². The minimum absolute atomic E-state index is 0.0358. The van der Waals surface area contributed by atoms with E-state index >= 15 is 0 Å². The van der Waals surface area contributed by atoms with E-state index in [0.717, 1.165) is 5.69 Å². The number of hydrogen-bond donors (Lipinski definition) is 1. The number of fused-ring (bicyclic) bond motifs is 1. The quantitative estimate of drug-likeness (QED) is 0.844. The van der Waals surface area contributed by atoms with Crippen molar-refractivity contribution in [2.24, 2.45) is 5.92 Å². The minimum Gasteiger partial charge on any atom is -0.484 e. The monoisotopic (exact) mass is 368 g/mol. The molecule has 27 heavy (non-hydrogen) atoms. The molecule has 1 unspecified atom stereocenters. The van der Waals surface area contributed by atoms with E-state index in [1.54, 1.807) is 23.1 Å². The van der Waals surface area contributed by atoms with E-state index in [1.165, 1.54) is 0 Å². The second kappa shape index (κ2) is 7.57. The van der Waals surface area contributed by atoms with Crippen LogP contribution in [-0.4, -0.2) is 38.3 Å². The zero-order valence-corrected chi connectivity index (χ0v) is 14.7. The summed E-state index contributed by atoms with van der Waals surface area (Å²) in [5.41, 5.74) is 0.783. The molecule has 0 radical (unpaired) electrons. The molecule has 2 aromatic rings. The van der Waals surface area contributed by atoms with Gasteiger partial charge < -0.3 is 24.4 Å². The van der Waals surface area contributed by atoms with E-state index in [2.05, 4.69) is 5.32 Å². The molecule has 0 bridgehead atoms. The highest BCUT2D eigenvalue weighted by Crippen LogP contribution is 2.37. The SMILES string of the molecule is O=C(COc1ccccc1)NCC1CC(=O)N(c2ccc3c(c2)OCO3)C1. The number of para-hydroxylation sites is 1. The number of rotatable bonds is 6. The average Bonchev–Trinajstić information content (AvgIpc) is 3.31. The Labute approximate surface area is 156 Å². The van der Waals surface area contributed by atoms with Gasteiger partial charge in [-0.05, 0) is 24.3 Å². The van der Waals surface area contributed by atoms with Gasteiger partial charge >= 0.3 is 0 Å². The molecule has 2 aliphatic rings. The van der Waals surface area contributed by atoms with Gasteiger partial charge in [-0.25, -0.2) is 0 Å². The third-order valence-corrected chi connectivity index (χ3v) is 4.57. The van der Waals surface area contributed by atoms with Crippen molar-refractivity contribution >= 4 is 17.5 Å². The van der Waals surface area contributed by atoms with Crippen LogP contribution >= 0.6 is 0 Å². The van der Waals surface area contributed by atoms with E-state index in [9.17, 15) is 9.59 Å². The van der Waals surface area contributed by atoms with Crippen LogP contribution in [0.2, 0.25) is 0 Å². The predicted molar refractivity (Wildman–Crippen MR) is 98.0 cm³/mol. The van der Waals surface area contributed by atoms with Crippen LogP contribution in [0.1, 0.15) is 6.42 Å². The number of ether oxygens (including phenoxy) is 3. The Morgan fingerprint density at radius 3 is 2.81 bits per heavy atom. The number of carbonyl (C=O) groups is 2. The maximum absolute atomic E-state index is 12.4. The molecule has 7 nitrogen and oxygen atoms in total. The first-order valence-corrected chi connectivity index (χ1v) is 8.83. The first-order valence-electron chi connectivity index (χ1n) is 8.83. The Balaban J connectivity index is 1.27. The molecule has 2 heterocycles. The van der Waals surface area contributed by atoms with Gasteiger partial charge in [-0.3, -0.25) is 9.59 Å². The van der Waals surface area contributed by atoms with Gasteiger partial charge in [-0.2, -0.15) is 0 Å². The van der Waals surface area contributed by atoms with Crippen molar-refractivity contribution in [2.45, 2.75) is 6.42 Å². The number of benzene rings is 2. The van der Waals surface area contributed by atoms with Crippen LogP contribution in [-0.2, 0) is 9.59 Å². The highest BCUT2D eigenvalue weighted by molar-refractivity contribution is 5.96. The standard InChI is InChI=1S/C20H20N2O5/c23-19(12-25-16-4-2-1-3-5-16)21-10-14-8-20(24)22(11-14)15-6-7-17-18(9-15)27-13-26-17/h1-7,9,14H,8,10-13H2,(H,21,23). The Hall–Kier alpha value is -3.22. The molecule has 2 aliphatic heterocycles. The summed E-state index contributed by atoms with van der Waals surface area (Å²) in [6, 6.07) is 14.6. The maximum Gasteiger partial charge on any atom is 0.257 e. The van der Waals surface area contributed by atoms with E-state index in [1.807, 2.05) is 30.3 Å². The van der Waals surface area contributed by atoms with Crippen LogP contribution in [0.25, 0.3) is 0 Å². The van der Waals surface area contributed by atoms with E-state index in [-0.39, 0.29) is 31.1 Å². The Bertz CT molecular complexity index is 840. The first-order chi connectivity index (χ1) is 13.2. The molecular formula is C20H20N2O5. The number of hydrogen-bond acceptors (Lipinski definition) is 5. The van der Waals surface area contributed by atoms with Gasteiger partial charge in [-0.15, -0.1) is 0 Å². The number of carbonyl (C=O) groups excluding carboxylic acids is 2. The van der Waals surface area contributed by atoms with Gasteiger partial charge in [-0.1, -0.05) is 18.2 Å². The summed E-state index contributed by atoms with van der Waals surface area (Å²) < 4.78 is 16.1. The molecule has 1 N–H and O–H groups in total. The number of nitrogens with zero attached hydrogens (tertiary/aromatic N) is 1. The zero-order valence-electron chi connectivity index (χ0n) is 14.7. The smallest absolute Gasteiger partial charge is 0.257 e. The van der Waals surface area contributed by atoms with Crippen molar-refractivity contribution in [3.63, 3.8) is 0 Å². The van der Waals surface area contributed by atoms with E-state index in [0.29, 0.717) is 36.8 Å². The highest BCUT2D eigenvalue weighted by atomic mass is 16.7. The summed E-state index contributed by atoms with van der Waals surface area (Å²) in [5.74, 6) is 1.88. The van der Waals surface area contributed by atoms with Crippen molar-refractivity contribution in [3.05, 3.63) is 48.5 Å². The lowest BCUT2D eigenvalue weighted by atomic mass is 10.1. The van der Waals surface area contributed by atoms with Crippen molar-refractivity contribution in [3.8, 4) is 17.2 Å². The summed E-state index contributed by atoms with van der Waals surface area (Å²) in [7, 11) is 0. The van der Waals surface area contributed by atoms with Crippen LogP contribution < -0.4 is 24.4 Å². The molecule has 0 aromatic heterocycles. The van der Waals surface area contributed by atoms with Crippen molar-refractivity contribution in [1.29, 1.82) is 0 Å². The van der Waals surface area contributed by atoms with E-state index < -0.39 is 0 Å². The molecule has 0 saturated carbocycles. The lowest BCUT2D eigenvalue weighted by molar-refractivity contribution is -0.123. The lowest BCUT2D eigenvalue weighted by Gasteiger charge is -2.17. The number of nitrogens with one attached hydrogen (secondary N) is 1. The third-order valence-electron chi connectivity index (χ3n) is 4.57. The van der Waals surface area contributed by atoms with Gasteiger partial charge in [0.25, 0.3) is 5.91 Å². The molecule has 2 amide bonds. The largest absolute Gasteiger partial charge is 0.484 e. The highest BCUT2D eigenvalue weighted by Gasteiger charge is 2.31. The topological polar surface area (TPSA) is 77.1 Å². The molecule has 1 saturated heterocycles. The summed E-state index contributed by atoms with van der Waals surface area (Å²) in [5, 5.41) is 2.84. The molecule has 7 heteroatoms. The minimum atomic E-state index is -0.201. The normalized spacial score (nSPS) is 17.9. The molecule has 0 aliphatic carbocycles. The van der Waals surface area contributed by atoms with Crippen LogP contribution in [0, 0.1) is 5.92 Å². The summed E-state index contributed by atoms with van der Waals surface area (Å²) >= 11 is 0. The third kappa shape index (κ3) is 3.97. The zero-order chi connectivity index (χ0) is 18.6. The van der Waals surface area contributed by atoms with Gasteiger partial charge in [0.2, 0.25) is 12.7 Å². The second-order valence-corrected chi connectivity index (χ2v) is 6.52. The van der Waals surface area contributed by atoms with Gasteiger partial charge in [0.15, 0.2) is 18.1 Å². The fraction of sp³-hybridized carbons (Fsp3) is 0.300. The molecule has 2 aromatic carbocycles. The fourth-order valence-corrected chi connectivity index (χ4v) is 3.20. The van der Waals surface area contributed by atoms with Gasteiger partial charge in [0.1, 0.15) is 5.75 Å². The lowest BCUT2D eigenvalue weighted by Crippen LogP contribution is -2.34. The van der Waals surface area contributed by atoms with Crippen molar-refractivity contribution < 1.29 is 23.8 Å². The van der Waals surface area contributed by atoms with Gasteiger partial charge in [0.05, 0.1) is 0 Å². The van der Waals surface area contributed by atoms with Crippen LogP contribution in [0.15, 0.2) is 48.5 Å². The Kier molecular flexibility index (Phi) is 4.82. The molecule has 140 valence electrons. The average molecular weight is 368 g/mol. The first kappa shape index (κ1) is 17.2. The van der Waals surface area contributed by atoms with Crippen LogP contribution in [0.3, 0.4) is 0 Å². The summed E-state index contributed by atoms with van der Waals surface area (Å²) in [4.78, 5) is 26.0. The Morgan fingerprint density at radius 2 is 1.96 bits per heavy atom. The number of anilines is 1. The van der Waals surface area contributed by atoms with Crippen molar-refractivity contribution in [1.82, 2.24) is 5.32 Å². The van der Waals surface area contributed by atoms with Gasteiger partial charge in [0, 0.05) is 37.2 Å². The predicted octanol–water partition coefficient (Wildman–Crippen LogP) is 1.96.